The Bertz CT molecular complexity index is 15.5. The number of hydrogen-bond donors (Lipinski definition) is 0. The zero-order valence-corrected chi connectivity index (χ0v) is 11.2. The maximum atomic E-state index is 0. The molecule has 0 fully saturated rings. The van der Waals surface area contributed by atoms with Crippen LogP contribution >= 0.6 is 0 Å². The van der Waals surface area contributed by atoms with E-state index >= 15 is 0 Å². The molecule has 0 bridgehead atoms. The van der Waals surface area contributed by atoms with Crippen LogP contribution in [-0.2, 0) is 71.0 Å². The molecule has 0 atom stereocenters. The van der Waals surface area contributed by atoms with Crippen molar-refractivity contribution in [1.82, 2.24) is 0 Å². The third-order valence-corrected chi connectivity index (χ3v) is 0. The summed E-state index contributed by atoms with van der Waals surface area (Å²) in [5.41, 5.74) is 0. The minimum absolute atomic E-state index is 0. The second-order valence-electron chi connectivity index (χ2n) is 0. The van der Waals surface area contributed by atoms with Crippen molar-refractivity contribution in [3.05, 3.63) is 0 Å². The van der Waals surface area contributed by atoms with E-state index in [1.807, 2.05) is 0 Å². The van der Waals surface area contributed by atoms with Crippen LogP contribution in [0.5, 0.6) is 0 Å². The van der Waals surface area contributed by atoms with Crippen molar-refractivity contribution in [1.29, 1.82) is 0 Å². The molecule has 39 valence electrons. The van der Waals surface area contributed by atoms with E-state index in [-0.39, 0.29) is 99.3 Å². The molecule has 0 unspecified atom stereocenters. The van der Waals surface area contributed by atoms with Crippen LogP contribution in [0.2, 0.25) is 0 Å². The number of hydrogen-bond acceptors (Lipinski definition) is 0. The first-order valence-corrected chi connectivity index (χ1v) is 0. The van der Waals surface area contributed by atoms with Gasteiger partial charge in [0.2, 0.25) is 0 Å². The Morgan fingerprint density at radius 3 is 1.00 bits per heavy atom. The first-order valence-electron chi connectivity index (χ1n) is 0. The molecule has 0 aromatic heterocycles. The van der Waals surface area contributed by atoms with Gasteiger partial charge < -0.3 is 0 Å². The molecule has 0 saturated heterocycles. The van der Waals surface area contributed by atoms with E-state index in [1.165, 1.54) is 0 Å². The Kier molecular flexibility index (Phi) is 480. The van der Waals surface area contributed by atoms with E-state index in [1.54, 1.807) is 0 Å². The van der Waals surface area contributed by atoms with Crippen molar-refractivity contribution in [3.63, 3.8) is 0 Å². The van der Waals surface area contributed by atoms with Crippen molar-refractivity contribution in [3.8, 4) is 0 Å². The van der Waals surface area contributed by atoms with Crippen LogP contribution in [0.1, 0.15) is 0 Å². The monoisotopic (exact) mass is 295 g/mol. The maximum absolute atomic E-state index is 0. The third-order valence-electron chi connectivity index (χ3n) is 0. The van der Waals surface area contributed by atoms with Crippen LogP contribution in [-0.4, -0.2) is 28.3 Å². The molecular weight excluding hydrogens is 291 g/mol. The molecule has 0 aliphatic carbocycles. The topological polar surface area (TPSA) is 0 Å². The molecule has 0 saturated carbocycles. The molecule has 0 aromatic rings. The van der Waals surface area contributed by atoms with E-state index in [4.69, 9.17) is 0 Å². The largest absolute Gasteiger partial charge is 0.187 e. The summed E-state index contributed by atoms with van der Waals surface area (Å²) < 4.78 is 0. The van der Waals surface area contributed by atoms with Crippen molar-refractivity contribution in [2.75, 3.05) is 0 Å². The predicted octanol–water partition coefficient (Wildman–Crippen LogP) is -2.38. The molecule has 0 nitrogen and oxygen atoms in total. The molecule has 0 rings (SSSR count). The molecule has 0 aromatic carbocycles. The first kappa shape index (κ1) is 65.1. The van der Waals surface area contributed by atoms with E-state index < -0.39 is 0 Å². The fourth-order valence-corrected chi connectivity index (χ4v) is 0. The molecule has 0 spiro atoms. The minimum Gasteiger partial charge on any atom is -0.0125 e. The SMILES string of the molecule is [AlH3].[Cr].[Cu].[Mn].[SiH3].[Zn]. The Morgan fingerprint density at radius 1 is 1.00 bits per heavy atom. The third kappa shape index (κ3) is 28.3. The second kappa shape index (κ2) is 44.2. The summed E-state index contributed by atoms with van der Waals surface area (Å²) in [5.74, 6) is 0. The van der Waals surface area contributed by atoms with Gasteiger partial charge in [-0.15, -0.1) is 0 Å². The molecule has 0 heterocycles. The zero-order chi connectivity index (χ0) is 0. The number of rotatable bonds is 0. The van der Waals surface area contributed by atoms with Crippen molar-refractivity contribution < 1.29 is 71.0 Å². The Balaban J connectivity index is 0. The fourth-order valence-electron chi connectivity index (χ4n) is 0. The first-order chi connectivity index (χ1) is 0. The van der Waals surface area contributed by atoms with E-state index in [0.29, 0.717) is 0 Å². The van der Waals surface area contributed by atoms with Crippen LogP contribution < -0.4 is 0 Å². The van der Waals surface area contributed by atoms with Gasteiger partial charge in [0.1, 0.15) is 0 Å². The van der Waals surface area contributed by atoms with Crippen LogP contribution in [0.25, 0.3) is 0 Å². The van der Waals surface area contributed by atoms with Crippen molar-refractivity contribution in [2.45, 2.75) is 0 Å². The summed E-state index contributed by atoms with van der Waals surface area (Å²) in [7, 11) is 0. The summed E-state index contributed by atoms with van der Waals surface area (Å²) in [6.45, 7) is 0. The summed E-state index contributed by atoms with van der Waals surface area (Å²) in [4.78, 5) is 0. The fraction of sp³-hybridized carbons (Fsp3) is 0. The average Bonchev–Trinajstić information content (AvgIpc) is 0. The van der Waals surface area contributed by atoms with Crippen molar-refractivity contribution >= 4 is 28.3 Å². The van der Waals surface area contributed by atoms with E-state index in [9.17, 15) is 0 Å². The van der Waals surface area contributed by atoms with Gasteiger partial charge in [-0.1, -0.05) is 0 Å². The van der Waals surface area contributed by atoms with E-state index in [0.717, 1.165) is 0 Å². The molecule has 6 heteroatoms. The molecule has 0 aliphatic heterocycles. The van der Waals surface area contributed by atoms with Gasteiger partial charge in [-0.25, -0.2) is 0 Å². The molecule has 6 heavy (non-hydrogen) atoms. The quantitative estimate of drug-likeness (QED) is 0.438. The van der Waals surface area contributed by atoms with Gasteiger partial charge in [0.05, 0.1) is 0 Å². The van der Waals surface area contributed by atoms with Crippen LogP contribution in [0.4, 0.5) is 0 Å². The normalized spacial score (nSPS) is 0. The molecule has 0 amide bonds. The molecule has 0 N–H and O–H groups in total. The standard InChI is InChI=1S/Al.Cr.Cu.Mn.H3Si.Zn.3H/h;;;;1H3;;;;. The Morgan fingerprint density at radius 2 is 1.00 bits per heavy atom. The van der Waals surface area contributed by atoms with Gasteiger partial charge in [-0.2, -0.15) is 0 Å². The smallest absolute Gasteiger partial charge is 0.0125 e. The molecule has 0 aliphatic rings. The molecular formula is H6AlCrCuMnSiZn. The van der Waals surface area contributed by atoms with Gasteiger partial charge in [0, 0.05) is 71.0 Å². The Hall–Kier alpha value is 2.94. The van der Waals surface area contributed by atoms with Gasteiger partial charge in [0.15, 0.2) is 17.4 Å². The summed E-state index contributed by atoms with van der Waals surface area (Å²) in [6, 6.07) is 0. The molecule has 3 radical (unpaired) electrons. The predicted molar refractivity (Wildman–Crippen MR) is 19.9 cm³/mol. The van der Waals surface area contributed by atoms with Crippen LogP contribution in [0, 0.1) is 0 Å². The van der Waals surface area contributed by atoms with Gasteiger partial charge >= 0.3 is 0 Å². The van der Waals surface area contributed by atoms with Gasteiger partial charge in [-0.05, 0) is 11.0 Å². The van der Waals surface area contributed by atoms with Crippen molar-refractivity contribution in [2.24, 2.45) is 0 Å². The minimum atomic E-state index is 0. The van der Waals surface area contributed by atoms with Gasteiger partial charge in [-0.3, -0.25) is 0 Å². The second-order valence-corrected chi connectivity index (χ2v) is 0. The van der Waals surface area contributed by atoms with Gasteiger partial charge in [0.25, 0.3) is 0 Å². The van der Waals surface area contributed by atoms with E-state index in [2.05, 4.69) is 0 Å². The average molecular weight is 297 g/mol. The maximum Gasteiger partial charge on any atom is 0.187 e. The van der Waals surface area contributed by atoms with Crippen LogP contribution in [0.3, 0.4) is 0 Å². The summed E-state index contributed by atoms with van der Waals surface area (Å²) >= 11 is 0. The summed E-state index contributed by atoms with van der Waals surface area (Å²) in [5, 5.41) is 0. The zero-order valence-electron chi connectivity index (χ0n) is 2.79. The Labute approximate surface area is 98.0 Å². The summed E-state index contributed by atoms with van der Waals surface area (Å²) in [6.07, 6.45) is 0. The van der Waals surface area contributed by atoms with Crippen LogP contribution in [0.15, 0.2) is 0 Å².